The lowest BCUT2D eigenvalue weighted by molar-refractivity contribution is 0.369. The minimum Gasteiger partial charge on any atom is -0.361 e. The van der Waals surface area contributed by atoms with Gasteiger partial charge in [-0.05, 0) is 19.3 Å². The number of imidazole rings is 1. The Morgan fingerprint density at radius 3 is 3.19 bits per heavy atom. The number of nitrogens with zero attached hydrogens (tertiary/aromatic N) is 2. The number of aromatic amines is 1. The van der Waals surface area contributed by atoms with E-state index in [1.165, 1.54) is 18.4 Å². The van der Waals surface area contributed by atoms with Crippen LogP contribution in [0.4, 0.5) is 0 Å². The molecule has 0 aromatic carbocycles. The van der Waals surface area contributed by atoms with Crippen molar-refractivity contribution < 1.29 is 4.52 Å². The number of fused-ring (bicyclic) bond motifs is 1. The molecule has 0 aliphatic heterocycles. The third-order valence-electron chi connectivity index (χ3n) is 2.85. The highest BCUT2D eigenvalue weighted by Gasteiger charge is 2.19. The van der Waals surface area contributed by atoms with Crippen molar-refractivity contribution in [3.63, 3.8) is 0 Å². The van der Waals surface area contributed by atoms with Crippen molar-refractivity contribution >= 4 is 11.8 Å². The lowest BCUT2D eigenvalue weighted by Gasteiger charge is -2.08. The maximum absolute atomic E-state index is 5.36. The number of hydrogen-bond donors (Lipinski definition) is 1. The van der Waals surface area contributed by atoms with Gasteiger partial charge in [-0.1, -0.05) is 16.9 Å². The quantitative estimate of drug-likeness (QED) is 0.831. The van der Waals surface area contributed by atoms with Gasteiger partial charge in [-0.3, -0.25) is 0 Å². The summed E-state index contributed by atoms with van der Waals surface area (Å²) in [5.41, 5.74) is 2.43. The first-order chi connectivity index (χ1) is 7.93. The molecule has 1 N–H and O–H groups in total. The van der Waals surface area contributed by atoms with Crippen LogP contribution in [0.2, 0.25) is 0 Å². The number of H-pyrrole nitrogens is 1. The van der Waals surface area contributed by atoms with Crippen LogP contribution in [0.3, 0.4) is 0 Å². The largest absolute Gasteiger partial charge is 0.361 e. The van der Waals surface area contributed by atoms with E-state index in [0.29, 0.717) is 0 Å². The summed E-state index contributed by atoms with van der Waals surface area (Å²) >= 11 is 1.67. The highest BCUT2D eigenvalue weighted by molar-refractivity contribution is 7.98. The molecule has 0 spiro atoms. The first kappa shape index (κ1) is 9.96. The monoisotopic (exact) mass is 235 g/mol. The van der Waals surface area contributed by atoms with Crippen molar-refractivity contribution in [3.8, 4) is 0 Å². The van der Waals surface area contributed by atoms with Gasteiger partial charge >= 0.3 is 0 Å². The first-order valence-electron chi connectivity index (χ1n) is 5.52. The van der Waals surface area contributed by atoms with E-state index in [1.807, 2.05) is 6.20 Å². The highest BCUT2D eigenvalue weighted by atomic mass is 32.2. The minimum absolute atomic E-state index is 0.840. The Hall–Kier alpha value is -1.23. The van der Waals surface area contributed by atoms with Gasteiger partial charge in [0.25, 0.3) is 0 Å². The zero-order valence-electron chi connectivity index (χ0n) is 8.90. The Morgan fingerprint density at radius 1 is 1.38 bits per heavy atom. The number of nitrogens with one attached hydrogen (secondary N) is 1. The van der Waals surface area contributed by atoms with E-state index in [2.05, 4.69) is 15.1 Å². The van der Waals surface area contributed by atoms with Crippen molar-refractivity contribution in [1.82, 2.24) is 15.1 Å². The van der Waals surface area contributed by atoms with E-state index in [1.54, 1.807) is 18.0 Å². The standard InChI is InChI=1S/C11H13N3OS/c1-2-4-10-8(3-1)9(14-15-10)7-16-11-12-5-6-13-11/h5-6H,1-4,7H2,(H,12,13). The fourth-order valence-corrected chi connectivity index (χ4v) is 2.82. The van der Waals surface area contributed by atoms with Crippen LogP contribution in [0, 0.1) is 0 Å². The molecule has 1 aliphatic rings. The normalized spacial score (nSPS) is 15.0. The predicted molar refractivity (Wildman–Crippen MR) is 61.3 cm³/mol. The molecule has 0 saturated heterocycles. The van der Waals surface area contributed by atoms with E-state index in [-0.39, 0.29) is 0 Å². The van der Waals surface area contributed by atoms with Crippen molar-refractivity contribution in [2.75, 3.05) is 0 Å². The fourth-order valence-electron chi connectivity index (χ4n) is 2.03. The van der Waals surface area contributed by atoms with E-state index in [0.717, 1.165) is 35.2 Å². The SMILES string of the molecule is c1c[nH]c(SCc2noc3c2CCCC3)n1. The van der Waals surface area contributed by atoms with Gasteiger partial charge in [-0.25, -0.2) is 4.98 Å². The first-order valence-corrected chi connectivity index (χ1v) is 6.50. The third kappa shape index (κ3) is 1.87. The third-order valence-corrected chi connectivity index (χ3v) is 3.76. The zero-order valence-corrected chi connectivity index (χ0v) is 9.72. The molecule has 2 aromatic rings. The lowest BCUT2D eigenvalue weighted by atomic mass is 9.97. The number of thioether (sulfide) groups is 1. The van der Waals surface area contributed by atoms with Crippen LogP contribution < -0.4 is 0 Å². The molecule has 0 saturated carbocycles. The van der Waals surface area contributed by atoms with E-state index in [4.69, 9.17) is 4.52 Å². The van der Waals surface area contributed by atoms with Crippen molar-refractivity contribution in [2.24, 2.45) is 0 Å². The lowest BCUT2D eigenvalue weighted by Crippen LogP contribution is -2.01. The van der Waals surface area contributed by atoms with E-state index in [9.17, 15) is 0 Å². The summed E-state index contributed by atoms with van der Waals surface area (Å²) < 4.78 is 5.36. The molecule has 84 valence electrons. The molecule has 0 atom stereocenters. The topological polar surface area (TPSA) is 54.7 Å². The maximum Gasteiger partial charge on any atom is 0.165 e. The van der Waals surface area contributed by atoms with Crippen LogP contribution in [0.1, 0.15) is 29.9 Å². The molecule has 0 radical (unpaired) electrons. The number of aryl methyl sites for hydroxylation is 1. The van der Waals surface area contributed by atoms with Gasteiger partial charge in [0.2, 0.25) is 0 Å². The van der Waals surface area contributed by atoms with Crippen LogP contribution in [-0.4, -0.2) is 15.1 Å². The van der Waals surface area contributed by atoms with Gasteiger partial charge in [-0.15, -0.1) is 0 Å². The summed E-state index contributed by atoms with van der Waals surface area (Å²) in [5, 5.41) is 5.10. The average Bonchev–Trinajstić information content (AvgIpc) is 2.96. The van der Waals surface area contributed by atoms with E-state index < -0.39 is 0 Å². The second kappa shape index (κ2) is 4.33. The zero-order chi connectivity index (χ0) is 10.8. The van der Waals surface area contributed by atoms with Gasteiger partial charge in [0, 0.05) is 30.1 Å². The maximum atomic E-state index is 5.36. The van der Waals surface area contributed by atoms with Crippen LogP contribution in [0.15, 0.2) is 22.1 Å². The Balaban J connectivity index is 1.72. The fraction of sp³-hybridized carbons (Fsp3) is 0.455. The van der Waals surface area contributed by atoms with Crippen LogP contribution in [0.25, 0.3) is 0 Å². The molecule has 3 rings (SSSR count). The van der Waals surface area contributed by atoms with Crippen molar-refractivity contribution in [1.29, 1.82) is 0 Å². The van der Waals surface area contributed by atoms with Gasteiger partial charge in [0.05, 0.1) is 5.69 Å². The summed E-state index contributed by atoms with van der Waals surface area (Å²) in [7, 11) is 0. The molecular weight excluding hydrogens is 222 g/mol. The molecular formula is C11H13N3OS. The molecule has 1 aliphatic carbocycles. The van der Waals surface area contributed by atoms with Crippen LogP contribution >= 0.6 is 11.8 Å². The minimum atomic E-state index is 0.840. The molecule has 0 bridgehead atoms. The average molecular weight is 235 g/mol. The molecule has 0 unspecified atom stereocenters. The summed E-state index contributed by atoms with van der Waals surface area (Å²) in [6.07, 6.45) is 8.25. The second-order valence-electron chi connectivity index (χ2n) is 3.92. The summed E-state index contributed by atoms with van der Waals surface area (Å²) in [6.45, 7) is 0. The van der Waals surface area contributed by atoms with Gasteiger partial charge < -0.3 is 9.51 Å². The second-order valence-corrected chi connectivity index (χ2v) is 4.89. The number of aromatic nitrogens is 3. The molecule has 2 heterocycles. The summed E-state index contributed by atoms with van der Waals surface area (Å²) in [4.78, 5) is 7.25. The van der Waals surface area contributed by atoms with Gasteiger partial charge in [0.1, 0.15) is 5.76 Å². The summed E-state index contributed by atoms with van der Waals surface area (Å²) in [5.74, 6) is 1.94. The smallest absolute Gasteiger partial charge is 0.165 e. The number of rotatable bonds is 3. The van der Waals surface area contributed by atoms with Crippen LogP contribution in [-0.2, 0) is 18.6 Å². The predicted octanol–water partition coefficient (Wildman–Crippen LogP) is 2.57. The molecule has 5 heteroatoms. The Morgan fingerprint density at radius 2 is 2.31 bits per heavy atom. The van der Waals surface area contributed by atoms with E-state index >= 15 is 0 Å². The van der Waals surface area contributed by atoms with Crippen molar-refractivity contribution in [3.05, 3.63) is 29.4 Å². The molecule has 0 fully saturated rings. The van der Waals surface area contributed by atoms with Gasteiger partial charge in [-0.2, -0.15) is 0 Å². The van der Waals surface area contributed by atoms with Gasteiger partial charge in [0.15, 0.2) is 5.16 Å². The molecule has 4 nitrogen and oxygen atoms in total. The van der Waals surface area contributed by atoms with Crippen LogP contribution in [0.5, 0.6) is 0 Å². The molecule has 0 amide bonds. The number of hydrogen-bond acceptors (Lipinski definition) is 4. The summed E-state index contributed by atoms with van der Waals surface area (Å²) in [6, 6.07) is 0. The Bertz CT molecular complexity index is 464. The highest BCUT2D eigenvalue weighted by Crippen LogP contribution is 2.28. The van der Waals surface area contributed by atoms with Crippen molar-refractivity contribution in [2.45, 2.75) is 36.6 Å². The Kier molecular flexibility index (Phi) is 2.70. The molecule has 2 aromatic heterocycles. The molecule has 16 heavy (non-hydrogen) atoms. The Labute approximate surface area is 97.8 Å².